The van der Waals surface area contributed by atoms with Gasteiger partial charge in [-0.1, -0.05) is 6.08 Å². The summed E-state index contributed by atoms with van der Waals surface area (Å²) in [5, 5.41) is 0. The molecule has 0 amide bonds. The fourth-order valence-corrected chi connectivity index (χ4v) is 2.20. The molecule has 0 aromatic carbocycles. The molecular weight excluding hydrogens is 199 g/mol. The second-order valence-corrected chi connectivity index (χ2v) is 4.12. The molecule has 0 unspecified atom stereocenters. The van der Waals surface area contributed by atoms with Crippen molar-refractivity contribution in [3.05, 3.63) is 11.9 Å². The van der Waals surface area contributed by atoms with Gasteiger partial charge in [0.2, 0.25) is 0 Å². The standard InChI is InChI=1S/C7H14ClO3P/c1-3-10-12(9,11-4-2)7-5-6-8/h5,7H,3-4,6H2,1-2H3/b7-5+. The average molecular weight is 213 g/mol. The molecule has 0 aliphatic heterocycles. The first-order chi connectivity index (χ1) is 5.68. The Bertz CT molecular complexity index is 171. The van der Waals surface area contributed by atoms with Gasteiger partial charge in [0.15, 0.2) is 0 Å². The van der Waals surface area contributed by atoms with Crippen molar-refractivity contribution in [3.8, 4) is 0 Å². The highest BCUT2D eigenvalue weighted by Crippen LogP contribution is 2.49. The van der Waals surface area contributed by atoms with Crippen LogP contribution in [0.15, 0.2) is 11.9 Å². The maximum Gasteiger partial charge on any atom is 0.353 e. The van der Waals surface area contributed by atoms with Crippen LogP contribution < -0.4 is 0 Å². The van der Waals surface area contributed by atoms with Gasteiger partial charge in [0.25, 0.3) is 0 Å². The molecule has 0 saturated heterocycles. The number of halogens is 1. The van der Waals surface area contributed by atoms with Gasteiger partial charge in [0, 0.05) is 11.7 Å². The van der Waals surface area contributed by atoms with E-state index in [1.165, 1.54) is 5.82 Å². The molecule has 0 atom stereocenters. The van der Waals surface area contributed by atoms with Gasteiger partial charge in [0.1, 0.15) is 0 Å². The third kappa shape index (κ3) is 4.94. The molecule has 5 heteroatoms. The first-order valence-corrected chi connectivity index (χ1v) is 5.95. The number of hydrogen-bond acceptors (Lipinski definition) is 3. The SMILES string of the molecule is CCOP(=O)(/C=C/CCl)OCC. The van der Waals surface area contributed by atoms with Crippen LogP contribution in [0.25, 0.3) is 0 Å². The summed E-state index contributed by atoms with van der Waals surface area (Å²) >= 11 is 5.39. The molecule has 0 fully saturated rings. The molecule has 0 rings (SSSR count). The van der Waals surface area contributed by atoms with E-state index < -0.39 is 7.60 Å². The van der Waals surface area contributed by atoms with Crippen LogP contribution in [0.2, 0.25) is 0 Å². The normalized spacial score (nSPS) is 12.6. The quantitative estimate of drug-likeness (QED) is 0.502. The molecule has 0 radical (unpaired) electrons. The van der Waals surface area contributed by atoms with Crippen molar-refractivity contribution in [2.45, 2.75) is 13.8 Å². The first-order valence-electron chi connectivity index (χ1n) is 3.81. The maximum absolute atomic E-state index is 11.6. The largest absolute Gasteiger partial charge is 0.353 e. The van der Waals surface area contributed by atoms with Gasteiger partial charge >= 0.3 is 7.60 Å². The number of alkyl halides is 1. The smallest absolute Gasteiger partial charge is 0.306 e. The molecule has 12 heavy (non-hydrogen) atoms. The Morgan fingerprint density at radius 1 is 1.33 bits per heavy atom. The van der Waals surface area contributed by atoms with Gasteiger partial charge in [-0.05, 0) is 13.8 Å². The molecule has 3 nitrogen and oxygen atoms in total. The fraction of sp³-hybridized carbons (Fsp3) is 0.714. The molecule has 0 aromatic heterocycles. The Balaban J connectivity index is 4.18. The van der Waals surface area contributed by atoms with Crippen molar-refractivity contribution >= 4 is 19.2 Å². The number of hydrogen-bond donors (Lipinski definition) is 0. The van der Waals surface area contributed by atoms with Crippen molar-refractivity contribution in [1.29, 1.82) is 0 Å². The summed E-state index contributed by atoms with van der Waals surface area (Å²) in [4.78, 5) is 0. The molecule has 0 aliphatic rings. The Hall–Kier alpha value is 0.180. The summed E-state index contributed by atoms with van der Waals surface area (Å²) in [5.74, 6) is 1.71. The van der Waals surface area contributed by atoms with E-state index in [0.717, 1.165) is 0 Å². The lowest BCUT2D eigenvalue weighted by molar-refractivity contribution is 0.229. The van der Waals surface area contributed by atoms with E-state index in [-0.39, 0.29) is 0 Å². The van der Waals surface area contributed by atoms with Crippen molar-refractivity contribution in [2.75, 3.05) is 19.1 Å². The van der Waals surface area contributed by atoms with E-state index in [2.05, 4.69) is 0 Å². The minimum Gasteiger partial charge on any atom is -0.306 e. The fourth-order valence-electron chi connectivity index (χ4n) is 0.652. The van der Waals surface area contributed by atoms with Crippen LogP contribution in [0.4, 0.5) is 0 Å². The molecule has 0 aromatic rings. The summed E-state index contributed by atoms with van der Waals surface area (Å²) < 4.78 is 21.5. The first kappa shape index (κ1) is 12.2. The van der Waals surface area contributed by atoms with Gasteiger partial charge in [-0.25, -0.2) is 0 Å². The topological polar surface area (TPSA) is 35.5 Å². The van der Waals surface area contributed by atoms with Crippen molar-refractivity contribution < 1.29 is 13.6 Å². The molecule has 0 bridgehead atoms. The van der Waals surface area contributed by atoms with Crippen LogP contribution in [0.5, 0.6) is 0 Å². The van der Waals surface area contributed by atoms with E-state index in [4.69, 9.17) is 20.6 Å². The van der Waals surface area contributed by atoms with E-state index >= 15 is 0 Å². The van der Waals surface area contributed by atoms with E-state index in [1.54, 1.807) is 19.9 Å². The zero-order valence-electron chi connectivity index (χ0n) is 7.33. The maximum atomic E-state index is 11.6. The van der Waals surface area contributed by atoms with Gasteiger partial charge < -0.3 is 9.05 Å². The van der Waals surface area contributed by atoms with E-state index in [0.29, 0.717) is 19.1 Å². The summed E-state index contributed by atoms with van der Waals surface area (Å²) in [5.41, 5.74) is 0. The second kappa shape index (κ2) is 6.67. The Morgan fingerprint density at radius 3 is 2.17 bits per heavy atom. The van der Waals surface area contributed by atoms with Crippen molar-refractivity contribution in [2.24, 2.45) is 0 Å². The summed E-state index contributed by atoms with van der Waals surface area (Å²) in [6.45, 7) is 4.26. The third-order valence-electron chi connectivity index (χ3n) is 0.995. The van der Waals surface area contributed by atoms with Crippen LogP contribution in [-0.4, -0.2) is 19.1 Å². The number of rotatable bonds is 6. The third-order valence-corrected chi connectivity index (χ3v) is 2.99. The minimum absolute atomic E-state index is 0.310. The number of allylic oxidation sites excluding steroid dienone is 1. The van der Waals surface area contributed by atoms with Crippen LogP contribution in [0, 0.1) is 0 Å². The lowest BCUT2D eigenvalue weighted by Gasteiger charge is -2.11. The van der Waals surface area contributed by atoms with E-state index in [1.807, 2.05) is 0 Å². The predicted molar refractivity (Wildman–Crippen MR) is 50.7 cm³/mol. The summed E-state index contributed by atoms with van der Waals surface area (Å²) in [6, 6.07) is 0. The zero-order chi connectivity index (χ0) is 9.45. The van der Waals surface area contributed by atoms with Crippen molar-refractivity contribution in [3.63, 3.8) is 0 Å². The monoisotopic (exact) mass is 212 g/mol. The molecule has 0 aliphatic carbocycles. The second-order valence-electron chi connectivity index (χ2n) is 1.91. The highest BCUT2D eigenvalue weighted by atomic mass is 35.5. The average Bonchev–Trinajstić information content (AvgIpc) is 2.02. The Morgan fingerprint density at radius 2 is 1.83 bits per heavy atom. The van der Waals surface area contributed by atoms with Crippen LogP contribution >= 0.6 is 19.2 Å². The highest BCUT2D eigenvalue weighted by Gasteiger charge is 2.17. The van der Waals surface area contributed by atoms with Gasteiger partial charge in [-0.15, -0.1) is 11.6 Å². The lowest BCUT2D eigenvalue weighted by Crippen LogP contribution is -1.92. The molecule has 72 valence electrons. The van der Waals surface area contributed by atoms with E-state index in [9.17, 15) is 4.57 Å². The highest BCUT2D eigenvalue weighted by molar-refractivity contribution is 7.57. The van der Waals surface area contributed by atoms with Gasteiger partial charge in [-0.3, -0.25) is 4.57 Å². The predicted octanol–water partition coefficient (Wildman–Crippen LogP) is 3.01. The summed E-state index contributed by atoms with van der Waals surface area (Å²) in [6.07, 6.45) is 1.56. The molecule has 0 spiro atoms. The van der Waals surface area contributed by atoms with Crippen molar-refractivity contribution in [1.82, 2.24) is 0 Å². The lowest BCUT2D eigenvalue weighted by atomic mass is 10.8. The Kier molecular flexibility index (Phi) is 6.77. The minimum atomic E-state index is -3.00. The summed E-state index contributed by atoms with van der Waals surface area (Å²) in [7, 11) is -3.00. The van der Waals surface area contributed by atoms with Crippen LogP contribution in [-0.2, 0) is 13.6 Å². The van der Waals surface area contributed by atoms with Crippen LogP contribution in [0.3, 0.4) is 0 Å². The van der Waals surface area contributed by atoms with Gasteiger partial charge in [0.05, 0.1) is 13.2 Å². The molecule has 0 saturated carbocycles. The molecular formula is C7H14ClO3P. The zero-order valence-corrected chi connectivity index (χ0v) is 8.98. The molecule has 0 heterocycles. The Labute approximate surface area is 78.2 Å². The molecule has 0 N–H and O–H groups in total. The van der Waals surface area contributed by atoms with Gasteiger partial charge in [-0.2, -0.15) is 0 Å². The van der Waals surface area contributed by atoms with Crippen LogP contribution in [0.1, 0.15) is 13.8 Å².